The van der Waals surface area contributed by atoms with E-state index in [1.807, 2.05) is 60.7 Å². The minimum Gasteiger partial charge on any atom is -0.496 e. The Hall–Kier alpha value is -2.57. The van der Waals surface area contributed by atoms with Gasteiger partial charge in [0.1, 0.15) is 12.1 Å². The van der Waals surface area contributed by atoms with Crippen molar-refractivity contribution in [1.29, 1.82) is 0 Å². The van der Waals surface area contributed by atoms with E-state index in [0.717, 1.165) is 32.8 Å². The van der Waals surface area contributed by atoms with Crippen molar-refractivity contribution in [2.75, 3.05) is 7.11 Å². The van der Waals surface area contributed by atoms with Gasteiger partial charge in [0.15, 0.2) is 0 Å². The van der Waals surface area contributed by atoms with Crippen molar-refractivity contribution < 1.29 is 4.74 Å². The molecule has 0 unspecified atom stereocenters. The molecule has 3 aromatic rings. The topological polar surface area (TPSA) is 52.3 Å². The summed E-state index contributed by atoms with van der Waals surface area (Å²) in [6, 6.07) is 15.5. The van der Waals surface area contributed by atoms with Gasteiger partial charge in [-0.2, -0.15) is 9.78 Å². The van der Waals surface area contributed by atoms with Gasteiger partial charge in [0, 0.05) is 22.6 Å². The molecule has 2 aromatic carbocycles. The number of ether oxygens (including phenoxy) is 1. The van der Waals surface area contributed by atoms with Crippen LogP contribution in [0.1, 0.15) is 11.1 Å². The van der Waals surface area contributed by atoms with E-state index in [0.29, 0.717) is 0 Å². The molecule has 0 N–H and O–H groups in total. The molecular formula is C19H17ClN4OS. The molecule has 1 aromatic heterocycles. The number of hydrogen-bond donors (Lipinski definition) is 0. The fourth-order valence-corrected chi connectivity index (χ4v) is 3.13. The largest absolute Gasteiger partial charge is 0.496 e. The van der Waals surface area contributed by atoms with Crippen LogP contribution in [0.25, 0.3) is 6.08 Å². The van der Waals surface area contributed by atoms with Crippen molar-refractivity contribution >= 4 is 35.7 Å². The average molecular weight is 385 g/mol. The lowest BCUT2D eigenvalue weighted by atomic mass is 10.2. The van der Waals surface area contributed by atoms with Gasteiger partial charge in [-0.25, -0.2) is 0 Å². The number of nitrogens with zero attached hydrogens (tertiary/aromatic N) is 4. The average Bonchev–Trinajstić information content (AvgIpc) is 3.12. The molecule has 0 atom stereocenters. The van der Waals surface area contributed by atoms with Crippen LogP contribution in [0.2, 0.25) is 5.02 Å². The summed E-state index contributed by atoms with van der Waals surface area (Å²) < 4.78 is 6.96. The second-order valence-corrected chi connectivity index (χ2v) is 6.62. The molecule has 0 bridgehead atoms. The summed E-state index contributed by atoms with van der Waals surface area (Å²) in [6.45, 7) is 0. The van der Waals surface area contributed by atoms with Gasteiger partial charge in [0.05, 0.1) is 7.11 Å². The Bertz CT molecular complexity index is 906. The van der Waals surface area contributed by atoms with E-state index in [1.165, 1.54) is 0 Å². The van der Waals surface area contributed by atoms with Crippen LogP contribution in [0.4, 0.5) is 0 Å². The summed E-state index contributed by atoms with van der Waals surface area (Å²) >= 11 is 7.47. The minimum absolute atomic E-state index is 0.724. The first-order chi connectivity index (χ1) is 12.8. The first kappa shape index (κ1) is 18.2. The molecule has 0 amide bonds. The third kappa shape index (κ3) is 4.97. The monoisotopic (exact) mass is 384 g/mol. The number of benzene rings is 2. The lowest BCUT2D eigenvalue weighted by molar-refractivity contribution is 0.414. The van der Waals surface area contributed by atoms with Crippen LogP contribution in [-0.2, 0) is 5.75 Å². The number of aromatic nitrogens is 3. The summed E-state index contributed by atoms with van der Waals surface area (Å²) in [5, 5.41) is 13.8. The van der Waals surface area contributed by atoms with Gasteiger partial charge in [-0.1, -0.05) is 53.7 Å². The number of para-hydroxylation sites is 1. The predicted molar refractivity (Wildman–Crippen MR) is 107 cm³/mol. The summed E-state index contributed by atoms with van der Waals surface area (Å²) in [6.07, 6.45) is 7.07. The van der Waals surface area contributed by atoms with Crippen molar-refractivity contribution in [3.05, 3.63) is 77.1 Å². The molecule has 0 radical (unpaired) electrons. The zero-order valence-corrected chi connectivity index (χ0v) is 15.7. The van der Waals surface area contributed by atoms with Crippen LogP contribution in [0.5, 0.6) is 5.75 Å². The van der Waals surface area contributed by atoms with E-state index in [2.05, 4.69) is 15.3 Å². The highest BCUT2D eigenvalue weighted by atomic mass is 35.5. The highest BCUT2D eigenvalue weighted by Crippen LogP contribution is 2.22. The molecule has 1 heterocycles. The maximum atomic E-state index is 5.90. The third-order valence-corrected chi connectivity index (χ3v) is 4.73. The van der Waals surface area contributed by atoms with E-state index in [9.17, 15) is 0 Å². The minimum atomic E-state index is 0.724. The highest BCUT2D eigenvalue weighted by Gasteiger charge is 2.04. The SMILES string of the molecule is COc1ccccc1/C=C/C=N/n1cnnc1SCc1ccc(Cl)cc1. The van der Waals surface area contributed by atoms with Crippen LogP contribution in [0.15, 0.2) is 71.2 Å². The number of thioether (sulfide) groups is 1. The Morgan fingerprint density at radius 3 is 2.81 bits per heavy atom. The zero-order chi connectivity index (χ0) is 18.2. The Morgan fingerprint density at radius 2 is 2.00 bits per heavy atom. The molecule has 7 heteroatoms. The van der Waals surface area contributed by atoms with Crippen LogP contribution in [-0.4, -0.2) is 28.2 Å². The second kappa shape index (κ2) is 9.22. The molecule has 26 heavy (non-hydrogen) atoms. The zero-order valence-electron chi connectivity index (χ0n) is 14.1. The molecule has 0 saturated carbocycles. The number of rotatable bonds is 7. The molecular weight excluding hydrogens is 368 g/mol. The molecule has 0 fully saturated rings. The van der Waals surface area contributed by atoms with Crippen molar-refractivity contribution in [3.8, 4) is 5.75 Å². The van der Waals surface area contributed by atoms with E-state index >= 15 is 0 Å². The van der Waals surface area contributed by atoms with Crippen molar-refractivity contribution in [2.45, 2.75) is 10.9 Å². The van der Waals surface area contributed by atoms with Crippen LogP contribution in [0, 0.1) is 0 Å². The maximum absolute atomic E-state index is 5.90. The van der Waals surface area contributed by atoms with Gasteiger partial charge >= 0.3 is 0 Å². The normalized spacial score (nSPS) is 11.5. The van der Waals surface area contributed by atoms with Gasteiger partial charge in [-0.3, -0.25) is 0 Å². The molecule has 132 valence electrons. The molecule has 0 aliphatic heterocycles. The molecule has 0 spiro atoms. The van der Waals surface area contributed by atoms with Crippen LogP contribution < -0.4 is 4.74 Å². The first-order valence-corrected chi connectivity index (χ1v) is 9.24. The van der Waals surface area contributed by atoms with Gasteiger partial charge in [0.2, 0.25) is 5.16 Å². The van der Waals surface area contributed by atoms with Crippen LogP contribution in [0.3, 0.4) is 0 Å². The smallest absolute Gasteiger partial charge is 0.212 e. The standard InChI is InChI=1S/C19H17ClN4OS/c1-25-18-7-3-2-5-16(18)6-4-12-22-24-14-21-23-19(24)26-13-15-8-10-17(20)11-9-15/h2-12,14H,13H2,1H3/b6-4+,22-12+. The number of methoxy groups -OCH3 is 1. The van der Waals surface area contributed by atoms with Gasteiger partial charge < -0.3 is 4.74 Å². The molecule has 0 aliphatic carbocycles. The molecule has 5 nitrogen and oxygen atoms in total. The Labute approximate surface area is 161 Å². The highest BCUT2D eigenvalue weighted by molar-refractivity contribution is 7.98. The van der Waals surface area contributed by atoms with Crippen molar-refractivity contribution in [1.82, 2.24) is 14.9 Å². The number of hydrogen-bond acceptors (Lipinski definition) is 5. The fourth-order valence-electron chi connectivity index (χ4n) is 2.18. The van der Waals surface area contributed by atoms with E-state index < -0.39 is 0 Å². The number of halogens is 1. The molecule has 3 rings (SSSR count). The summed E-state index contributed by atoms with van der Waals surface area (Å²) in [7, 11) is 1.65. The van der Waals surface area contributed by atoms with Gasteiger partial charge in [0.25, 0.3) is 0 Å². The van der Waals surface area contributed by atoms with E-state index in [1.54, 1.807) is 36.1 Å². The Morgan fingerprint density at radius 1 is 1.19 bits per heavy atom. The maximum Gasteiger partial charge on any atom is 0.212 e. The van der Waals surface area contributed by atoms with Crippen molar-refractivity contribution in [2.24, 2.45) is 5.10 Å². The quantitative estimate of drug-likeness (QED) is 0.434. The van der Waals surface area contributed by atoms with Gasteiger partial charge in [-0.15, -0.1) is 10.2 Å². The Balaban J connectivity index is 1.62. The molecule has 0 saturated heterocycles. The number of allylic oxidation sites excluding steroid dienone is 1. The first-order valence-electron chi connectivity index (χ1n) is 7.87. The summed E-state index contributed by atoms with van der Waals surface area (Å²) in [4.78, 5) is 0. The fraction of sp³-hybridized carbons (Fsp3) is 0.105. The molecule has 0 aliphatic rings. The van der Waals surface area contributed by atoms with E-state index in [4.69, 9.17) is 16.3 Å². The second-order valence-electron chi connectivity index (χ2n) is 5.24. The summed E-state index contributed by atoms with van der Waals surface area (Å²) in [5.41, 5.74) is 2.15. The lowest BCUT2D eigenvalue weighted by Gasteiger charge is -2.02. The third-order valence-electron chi connectivity index (χ3n) is 3.47. The van der Waals surface area contributed by atoms with Gasteiger partial charge in [-0.05, 0) is 35.9 Å². The van der Waals surface area contributed by atoms with E-state index in [-0.39, 0.29) is 0 Å². The van der Waals surface area contributed by atoms with Crippen molar-refractivity contribution in [3.63, 3.8) is 0 Å². The lowest BCUT2D eigenvalue weighted by Crippen LogP contribution is -1.91. The Kier molecular flexibility index (Phi) is 6.46. The summed E-state index contributed by atoms with van der Waals surface area (Å²) in [5.74, 6) is 1.59. The van der Waals surface area contributed by atoms with Crippen LogP contribution >= 0.6 is 23.4 Å². The predicted octanol–water partition coefficient (Wildman–Crippen LogP) is 4.78.